The number of likely N-dealkylation sites (N-methyl/N-ethyl adjacent to an activating group) is 1. The van der Waals surface area contributed by atoms with Crippen LogP contribution in [0.15, 0.2) is 29.2 Å². The van der Waals surface area contributed by atoms with Gasteiger partial charge in [-0.05, 0) is 50.7 Å². The normalized spacial score (nSPS) is 22.1. The summed E-state index contributed by atoms with van der Waals surface area (Å²) >= 11 is 0. The van der Waals surface area contributed by atoms with Gasteiger partial charge in [0, 0.05) is 13.1 Å². The van der Waals surface area contributed by atoms with Crippen molar-refractivity contribution in [3.8, 4) is 0 Å². The second kappa shape index (κ2) is 7.45. The van der Waals surface area contributed by atoms with E-state index in [1.165, 1.54) is 7.05 Å². The summed E-state index contributed by atoms with van der Waals surface area (Å²) in [5, 5.41) is 2.96. The zero-order chi connectivity index (χ0) is 17.0. The molecule has 1 N–H and O–H groups in total. The molecular weight excluding hydrogens is 312 g/mol. The average molecular weight is 338 g/mol. The minimum Gasteiger partial charge on any atom is -0.352 e. The van der Waals surface area contributed by atoms with Gasteiger partial charge < -0.3 is 5.32 Å². The lowest BCUT2D eigenvalue weighted by molar-refractivity contribution is -0.122. The molecule has 1 aromatic rings. The summed E-state index contributed by atoms with van der Waals surface area (Å²) < 4.78 is 26.0. The van der Waals surface area contributed by atoms with E-state index in [2.05, 4.69) is 12.2 Å². The van der Waals surface area contributed by atoms with E-state index in [1.807, 2.05) is 6.92 Å². The van der Waals surface area contributed by atoms with Crippen LogP contribution in [0.5, 0.6) is 0 Å². The van der Waals surface area contributed by atoms with Gasteiger partial charge >= 0.3 is 0 Å². The van der Waals surface area contributed by atoms with Crippen molar-refractivity contribution in [2.24, 2.45) is 5.92 Å². The molecule has 1 aliphatic carbocycles. The quantitative estimate of drug-likeness (QED) is 0.896. The van der Waals surface area contributed by atoms with Crippen molar-refractivity contribution >= 4 is 15.9 Å². The Kier molecular flexibility index (Phi) is 5.81. The fraction of sp³-hybridized carbons (Fsp3) is 0.588. The Hall–Kier alpha value is -1.40. The van der Waals surface area contributed by atoms with Gasteiger partial charge in [0.25, 0.3) is 0 Å². The number of carbonyl (C=O) groups excluding carboxylic acids is 1. The van der Waals surface area contributed by atoms with Gasteiger partial charge in [0.05, 0.1) is 11.4 Å². The van der Waals surface area contributed by atoms with Crippen LogP contribution in [-0.2, 0) is 14.8 Å². The summed E-state index contributed by atoms with van der Waals surface area (Å²) in [6.07, 6.45) is 4.17. The predicted octanol–water partition coefficient (Wildman–Crippen LogP) is 2.31. The van der Waals surface area contributed by atoms with Gasteiger partial charge in [0.1, 0.15) is 0 Å². The predicted molar refractivity (Wildman–Crippen MR) is 90.6 cm³/mol. The fourth-order valence-corrected chi connectivity index (χ4v) is 3.98. The number of rotatable bonds is 5. The summed E-state index contributed by atoms with van der Waals surface area (Å²) in [7, 11) is -2.19. The summed E-state index contributed by atoms with van der Waals surface area (Å²) in [5.74, 6) is 0.482. The van der Waals surface area contributed by atoms with E-state index < -0.39 is 10.0 Å². The van der Waals surface area contributed by atoms with E-state index in [0.29, 0.717) is 5.92 Å². The molecule has 6 heteroatoms. The van der Waals surface area contributed by atoms with E-state index in [4.69, 9.17) is 0 Å². The van der Waals surface area contributed by atoms with E-state index >= 15 is 0 Å². The van der Waals surface area contributed by atoms with Crippen molar-refractivity contribution in [1.29, 1.82) is 0 Å². The van der Waals surface area contributed by atoms with Crippen molar-refractivity contribution in [3.63, 3.8) is 0 Å². The Morgan fingerprint density at radius 1 is 1.17 bits per heavy atom. The standard InChI is InChI=1S/C17H26N2O3S/c1-13-4-8-15(9-5-13)18-17(20)12-19(3)23(21,22)16-10-6-14(2)7-11-16/h6-7,10-11,13,15H,4-5,8-9,12H2,1-3H3,(H,18,20). The SMILES string of the molecule is Cc1ccc(S(=O)(=O)N(C)CC(=O)NC2CCC(C)CC2)cc1. The van der Waals surface area contributed by atoms with E-state index in [9.17, 15) is 13.2 Å². The molecule has 0 aliphatic heterocycles. The highest BCUT2D eigenvalue weighted by atomic mass is 32.2. The molecule has 1 aliphatic rings. The highest BCUT2D eigenvalue weighted by Gasteiger charge is 2.25. The molecule has 1 amide bonds. The molecular formula is C17H26N2O3S. The van der Waals surface area contributed by atoms with Crippen molar-refractivity contribution in [3.05, 3.63) is 29.8 Å². The molecule has 0 atom stereocenters. The van der Waals surface area contributed by atoms with Gasteiger partial charge in [-0.3, -0.25) is 4.79 Å². The minimum atomic E-state index is -3.63. The molecule has 0 bridgehead atoms. The van der Waals surface area contributed by atoms with Crippen molar-refractivity contribution < 1.29 is 13.2 Å². The van der Waals surface area contributed by atoms with Crippen LogP contribution in [0.3, 0.4) is 0 Å². The molecule has 0 aromatic heterocycles. The van der Waals surface area contributed by atoms with Crippen LogP contribution in [-0.4, -0.2) is 38.3 Å². The molecule has 0 spiro atoms. The lowest BCUT2D eigenvalue weighted by Gasteiger charge is -2.27. The zero-order valence-electron chi connectivity index (χ0n) is 14.1. The Labute approximate surface area is 139 Å². The monoisotopic (exact) mass is 338 g/mol. The first-order valence-electron chi connectivity index (χ1n) is 8.11. The number of hydrogen-bond acceptors (Lipinski definition) is 3. The maximum absolute atomic E-state index is 12.5. The molecule has 2 rings (SSSR count). The maximum Gasteiger partial charge on any atom is 0.243 e. The molecule has 0 radical (unpaired) electrons. The fourth-order valence-electron chi connectivity index (χ4n) is 2.86. The van der Waals surface area contributed by atoms with Crippen LogP contribution >= 0.6 is 0 Å². The third kappa shape index (κ3) is 4.78. The molecule has 23 heavy (non-hydrogen) atoms. The van der Waals surface area contributed by atoms with E-state index in [1.54, 1.807) is 24.3 Å². The molecule has 0 saturated heterocycles. The zero-order valence-corrected chi connectivity index (χ0v) is 14.9. The number of nitrogens with one attached hydrogen (secondary N) is 1. The van der Waals surface area contributed by atoms with Crippen LogP contribution in [0.25, 0.3) is 0 Å². The molecule has 128 valence electrons. The molecule has 5 nitrogen and oxygen atoms in total. The Balaban J connectivity index is 1.93. The average Bonchev–Trinajstić information content (AvgIpc) is 2.50. The summed E-state index contributed by atoms with van der Waals surface area (Å²) in [6, 6.07) is 6.83. The van der Waals surface area contributed by atoms with E-state index in [-0.39, 0.29) is 23.4 Å². The number of aryl methyl sites for hydroxylation is 1. The van der Waals surface area contributed by atoms with Gasteiger partial charge in [0.2, 0.25) is 15.9 Å². The van der Waals surface area contributed by atoms with Crippen molar-refractivity contribution in [1.82, 2.24) is 9.62 Å². The summed E-state index contributed by atoms with van der Waals surface area (Å²) in [4.78, 5) is 12.3. The Morgan fingerprint density at radius 2 is 1.74 bits per heavy atom. The first-order chi connectivity index (χ1) is 10.8. The van der Waals surface area contributed by atoms with Crippen LogP contribution < -0.4 is 5.32 Å². The van der Waals surface area contributed by atoms with Crippen LogP contribution in [0.4, 0.5) is 0 Å². The second-order valence-electron chi connectivity index (χ2n) is 6.60. The maximum atomic E-state index is 12.5. The van der Waals surface area contributed by atoms with Gasteiger partial charge in [-0.1, -0.05) is 24.6 Å². The molecule has 0 unspecified atom stereocenters. The van der Waals surface area contributed by atoms with Crippen molar-refractivity contribution in [2.75, 3.05) is 13.6 Å². The van der Waals surface area contributed by atoms with E-state index in [0.717, 1.165) is 35.6 Å². The number of hydrogen-bond donors (Lipinski definition) is 1. The first-order valence-corrected chi connectivity index (χ1v) is 9.55. The number of carbonyl (C=O) groups is 1. The molecule has 0 heterocycles. The Bertz CT molecular complexity index is 632. The number of amides is 1. The largest absolute Gasteiger partial charge is 0.352 e. The van der Waals surface area contributed by atoms with Crippen LogP contribution in [0.1, 0.15) is 38.2 Å². The second-order valence-corrected chi connectivity index (χ2v) is 8.64. The third-order valence-corrected chi connectivity index (χ3v) is 6.29. The summed E-state index contributed by atoms with van der Waals surface area (Å²) in [6.45, 7) is 3.97. The minimum absolute atomic E-state index is 0.151. The highest BCUT2D eigenvalue weighted by molar-refractivity contribution is 7.89. The third-order valence-electron chi connectivity index (χ3n) is 4.48. The van der Waals surface area contributed by atoms with Crippen LogP contribution in [0, 0.1) is 12.8 Å². The van der Waals surface area contributed by atoms with Gasteiger partial charge in [0.15, 0.2) is 0 Å². The molecule has 1 fully saturated rings. The lowest BCUT2D eigenvalue weighted by atomic mass is 9.87. The van der Waals surface area contributed by atoms with Gasteiger partial charge in [-0.2, -0.15) is 4.31 Å². The smallest absolute Gasteiger partial charge is 0.243 e. The first kappa shape index (κ1) is 17.9. The Morgan fingerprint density at radius 3 is 2.30 bits per heavy atom. The molecule has 1 aromatic carbocycles. The van der Waals surface area contributed by atoms with Gasteiger partial charge in [-0.25, -0.2) is 8.42 Å². The highest BCUT2D eigenvalue weighted by Crippen LogP contribution is 2.23. The van der Waals surface area contributed by atoms with Crippen LogP contribution in [0.2, 0.25) is 0 Å². The topological polar surface area (TPSA) is 66.5 Å². The lowest BCUT2D eigenvalue weighted by Crippen LogP contribution is -2.43. The van der Waals surface area contributed by atoms with Gasteiger partial charge in [-0.15, -0.1) is 0 Å². The molecule has 1 saturated carbocycles. The number of sulfonamides is 1. The number of benzene rings is 1. The van der Waals surface area contributed by atoms with Crippen molar-refractivity contribution in [2.45, 2.75) is 50.5 Å². The summed E-state index contributed by atoms with van der Waals surface area (Å²) in [5.41, 5.74) is 0.996. The number of nitrogens with zero attached hydrogens (tertiary/aromatic N) is 1.